The fourth-order valence-electron chi connectivity index (χ4n) is 9.07. The quantitative estimate of drug-likeness (QED) is 0.160. The first-order chi connectivity index (χ1) is 26.8. The molecule has 0 amide bonds. The van der Waals surface area contributed by atoms with E-state index in [1.807, 2.05) is 22.7 Å². The van der Waals surface area contributed by atoms with Gasteiger partial charge in [0.25, 0.3) is 0 Å². The van der Waals surface area contributed by atoms with Crippen LogP contribution in [0.4, 0.5) is 0 Å². The molecule has 2 heterocycles. The lowest BCUT2D eigenvalue weighted by atomic mass is 9.84. The monoisotopic (exact) mass is 718 g/mol. The van der Waals surface area contributed by atoms with E-state index in [-0.39, 0.29) is 0 Å². The van der Waals surface area contributed by atoms with Crippen LogP contribution in [-0.2, 0) is 0 Å². The molecule has 2 aromatic heterocycles. The Bertz CT molecular complexity index is 3440. The zero-order valence-electron chi connectivity index (χ0n) is 29.1. The van der Waals surface area contributed by atoms with Gasteiger partial charge in [-0.05, 0) is 94.7 Å². The predicted octanol–water partition coefficient (Wildman–Crippen LogP) is 16.0. The van der Waals surface area contributed by atoms with Crippen molar-refractivity contribution < 1.29 is 0 Å². The van der Waals surface area contributed by atoms with Gasteiger partial charge in [-0.2, -0.15) is 0 Å². The molecule has 2 heteroatoms. The number of fused-ring (bicyclic) bond motifs is 11. The Morgan fingerprint density at radius 3 is 1.52 bits per heavy atom. The van der Waals surface area contributed by atoms with Gasteiger partial charge in [-0.15, -0.1) is 22.7 Å². The van der Waals surface area contributed by atoms with Crippen molar-refractivity contribution in [2.24, 2.45) is 0 Å². The van der Waals surface area contributed by atoms with Gasteiger partial charge in [0.2, 0.25) is 0 Å². The first kappa shape index (κ1) is 30.2. The standard InChI is InChI=1S/C52H30S2/c1-3-14-35-31(11-1)13-9-21-40(35)50-43-18-7-5-16-41(43)49(42-17-6-8-19-44(42)50)34-24-27-39-38-26-23-33(29-47(38)53-48(39)30-34)37-20-10-22-45-51-36-15-4-2-12-32(36)25-28-46(51)54-52(37)45/h1-30H. The van der Waals surface area contributed by atoms with Gasteiger partial charge >= 0.3 is 0 Å². The van der Waals surface area contributed by atoms with Gasteiger partial charge in [0.15, 0.2) is 0 Å². The summed E-state index contributed by atoms with van der Waals surface area (Å²) in [6.45, 7) is 0. The molecule has 12 aromatic rings. The van der Waals surface area contributed by atoms with Gasteiger partial charge in [0.05, 0.1) is 0 Å². The smallest absolute Gasteiger partial charge is 0.0434 e. The average molecular weight is 719 g/mol. The van der Waals surface area contributed by atoms with Crippen LogP contribution >= 0.6 is 22.7 Å². The van der Waals surface area contributed by atoms with Crippen LogP contribution in [0.2, 0.25) is 0 Å². The normalized spacial score (nSPS) is 12.1. The molecule has 0 atom stereocenters. The third-order valence-electron chi connectivity index (χ3n) is 11.5. The Labute approximate surface area is 319 Å². The SMILES string of the molecule is c1ccc2c(-c3c4ccccc4c(-c4ccc5c(c4)sc4cc(-c6cccc7c6sc6ccc8ccccc8c67)ccc45)c4ccccc34)cccc2c1. The van der Waals surface area contributed by atoms with Crippen LogP contribution in [0.5, 0.6) is 0 Å². The molecule has 0 aliphatic heterocycles. The number of thiophene rings is 2. The van der Waals surface area contributed by atoms with Crippen molar-refractivity contribution in [2.45, 2.75) is 0 Å². The van der Waals surface area contributed by atoms with Gasteiger partial charge in [0.1, 0.15) is 0 Å². The van der Waals surface area contributed by atoms with Crippen LogP contribution in [0.3, 0.4) is 0 Å². The molecule has 12 rings (SSSR count). The van der Waals surface area contributed by atoms with E-state index in [1.165, 1.54) is 117 Å². The van der Waals surface area contributed by atoms with Crippen LogP contribution in [-0.4, -0.2) is 0 Å². The van der Waals surface area contributed by atoms with Crippen LogP contribution in [0.1, 0.15) is 0 Å². The summed E-state index contributed by atoms with van der Waals surface area (Å²) in [6.07, 6.45) is 0. The second kappa shape index (κ2) is 11.6. The summed E-state index contributed by atoms with van der Waals surface area (Å²) in [5.74, 6) is 0. The summed E-state index contributed by atoms with van der Waals surface area (Å²) in [7, 11) is 0. The third-order valence-corrected chi connectivity index (χ3v) is 13.8. The topological polar surface area (TPSA) is 0 Å². The number of rotatable bonds is 3. The van der Waals surface area contributed by atoms with E-state index in [0.717, 1.165) is 0 Å². The van der Waals surface area contributed by atoms with Crippen molar-refractivity contribution in [3.05, 3.63) is 182 Å². The number of benzene rings is 10. The Hall–Kier alpha value is -6.32. The molecule has 0 N–H and O–H groups in total. The zero-order chi connectivity index (χ0) is 35.3. The molecule has 54 heavy (non-hydrogen) atoms. The Morgan fingerprint density at radius 1 is 0.278 bits per heavy atom. The van der Waals surface area contributed by atoms with Crippen LogP contribution in [0.15, 0.2) is 182 Å². The summed E-state index contributed by atoms with van der Waals surface area (Å²) in [5, 5.41) is 15.7. The molecule has 0 nitrogen and oxygen atoms in total. The van der Waals surface area contributed by atoms with Gasteiger partial charge < -0.3 is 0 Å². The first-order valence-corrected chi connectivity index (χ1v) is 20.1. The Kier molecular flexibility index (Phi) is 6.48. The molecule has 0 saturated heterocycles. The highest BCUT2D eigenvalue weighted by Crippen LogP contribution is 2.48. The van der Waals surface area contributed by atoms with Crippen molar-refractivity contribution in [1.82, 2.24) is 0 Å². The van der Waals surface area contributed by atoms with E-state index in [1.54, 1.807) is 0 Å². The second-order valence-corrected chi connectivity index (χ2v) is 16.5. The van der Waals surface area contributed by atoms with E-state index in [4.69, 9.17) is 0 Å². The molecule has 0 saturated carbocycles. The maximum atomic E-state index is 2.43. The summed E-state index contributed by atoms with van der Waals surface area (Å²) in [6, 6.07) is 67.8. The lowest BCUT2D eigenvalue weighted by Crippen LogP contribution is -1.91. The van der Waals surface area contributed by atoms with Crippen molar-refractivity contribution in [2.75, 3.05) is 0 Å². The first-order valence-electron chi connectivity index (χ1n) is 18.5. The second-order valence-electron chi connectivity index (χ2n) is 14.3. The highest BCUT2D eigenvalue weighted by atomic mass is 32.1. The lowest BCUT2D eigenvalue weighted by molar-refractivity contribution is 1.69. The Balaban J connectivity index is 1.04. The minimum Gasteiger partial charge on any atom is -0.135 e. The number of hydrogen-bond donors (Lipinski definition) is 0. The fourth-order valence-corrected chi connectivity index (χ4v) is 11.5. The maximum Gasteiger partial charge on any atom is 0.0434 e. The highest BCUT2D eigenvalue weighted by Gasteiger charge is 2.19. The summed E-state index contributed by atoms with van der Waals surface area (Å²) >= 11 is 3.82. The molecule has 0 unspecified atom stereocenters. The minimum atomic E-state index is 1.26. The van der Waals surface area contributed by atoms with Gasteiger partial charge in [-0.3, -0.25) is 0 Å². The van der Waals surface area contributed by atoms with Crippen LogP contribution in [0, 0.1) is 0 Å². The maximum absolute atomic E-state index is 2.43. The van der Waals surface area contributed by atoms with Crippen molar-refractivity contribution in [3.8, 4) is 33.4 Å². The van der Waals surface area contributed by atoms with Gasteiger partial charge in [-0.1, -0.05) is 164 Å². The Morgan fingerprint density at radius 2 is 0.796 bits per heavy atom. The fraction of sp³-hybridized carbons (Fsp3) is 0. The summed E-state index contributed by atoms with van der Waals surface area (Å²) in [4.78, 5) is 0. The molecule has 0 spiro atoms. The third kappa shape index (κ3) is 4.36. The molecule has 0 radical (unpaired) electrons. The predicted molar refractivity (Wildman–Crippen MR) is 239 cm³/mol. The summed E-state index contributed by atoms with van der Waals surface area (Å²) < 4.78 is 5.34. The van der Waals surface area contributed by atoms with E-state index >= 15 is 0 Å². The van der Waals surface area contributed by atoms with E-state index in [2.05, 4.69) is 182 Å². The molecule has 0 aliphatic rings. The number of hydrogen-bond acceptors (Lipinski definition) is 2. The molecular formula is C52H30S2. The molecule has 0 aliphatic carbocycles. The molecule has 0 bridgehead atoms. The van der Waals surface area contributed by atoms with Crippen molar-refractivity contribution in [3.63, 3.8) is 0 Å². The van der Waals surface area contributed by atoms with E-state index in [0.29, 0.717) is 0 Å². The van der Waals surface area contributed by atoms with Gasteiger partial charge in [-0.25, -0.2) is 0 Å². The minimum absolute atomic E-state index is 1.26. The molecule has 10 aromatic carbocycles. The average Bonchev–Trinajstić information content (AvgIpc) is 3.80. The largest absolute Gasteiger partial charge is 0.135 e. The van der Waals surface area contributed by atoms with E-state index < -0.39 is 0 Å². The zero-order valence-corrected chi connectivity index (χ0v) is 30.8. The molecule has 250 valence electrons. The van der Waals surface area contributed by atoms with Crippen LogP contribution < -0.4 is 0 Å². The van der Waals surface area contributed by atoms with Gasteiger partial charge in [0, 0.05) is 40.3 Å². The highest BCUT2D eigenvalue weighted by molar-refractivity contribution is 7.26. The lowest BCUT2D eigenvalue weighted by Gasteiger charge is -2.18. The molecular weight excluding hydrogens is 689 g/mol. The van der Waals surface area contributed by atoms with Crippen molar-refractivity contribution in [1.29, 1.82) is 0 Å². The molecule has 0 fully saturated rings. The van der Waals surface area contributed by atoms with E-state index in [9.17, 15) is 0 Å². The summed E-state index contributed by atoms with van der Waals surface area (Å²) in [5.41, 5.74) is 7.72. The van der Waals surface area contributed by atoms with Crippen LogP contribution in [0.25, 0.3) is 117 Å². The van der Waals surface area contributed by atoms with Crippen molar-refractivity contribution >= 4 is 106 Å².